The molecule has 0 nitrogen and oxygen atoms in total. The van der Waals surface area contributed by atoms with E-state index in [2.05, 4.69) is 0 Å². The molecule has 0 aromatic carbocycles. The van der Waals surface area contributed by atoms with Gasteiger partial charge in [-0.05, 0) is 0 Å². The van der Waals surface area contributed by atoms with Crippen molar-refractivity contribution in [3.8, 4) is 0 Å². The molecule has 53 valence electrons. The lowest BCUT2D eigenvalue weighted by atomic mass is 10.8. The Kier molecular flexibility index (Phi) is 325000000. The number of hydrogen-bond acceptors (Lipinski definition) is 0. The Balaban J connectivity index is 0. The molecule has 0 bridgehead atoms. The predicted molar refractivity (Wildman–Crippen MR) is 48.3 cm³/mol. The molecule has 0 fully saturated rings. The molecule has 0 unspecified atom stereocenters. The second kappa shape index (κ2) is 36900. The van der Waals surface area contributed by atoms with Gasteiger partial charge in [-0.25, -0.2) is 0 Å². The summed E-state index contributed by atoms with van der Waals surface area (Å²) in [6.07, 6.45) is 0. The maximum Gasteiger partial charge on any atom is 0 e. The van der Waals surface area contributed by atoms with Crippen molar-refractivity contribution < 1.29 is 1.43 Å². The molecule has 0 aliphatic rings. The van der Waals surface area contributed by atoms with Gasteiger partial charge >= 0.3 is 0 Å². The van der Waals surface area contributed by atoms with E-state index in [4.69, 9.17) is 0 Å². The molecule has 0 spiro atoms. The lowest BCUT2D eigenvalue weighted by molar-refractivity contribution is 2.50. The first-order valence-corrected chi connectivity index (χ1v) is 0. The van der Waals surface area contributed by atoms with Crippen LogP contribution in [0.1, 0.15) is 46.0 Å². The minimum atomic E-state index is 0. The summed E-state index contributed by atoms with van der Waals surface area (Å²) in [6.45, 7) is 0. The summed E-state index contributed by atoms with van der Waals surface area (Å²) in [6, 6.07) is 0. The van der Waals surface area contributed by atoms with Crippen LogP contribution >= 0.6 is 0 Å². The zero-order valence-corrected chi connectivity index (χ0v) is 0.577. The standard InChI is InChI=1S/6CH4.B.H2/h6*1H4;;1H. The van der Waals surface area contributed by atoms with Crippen molar-refractivity contribution in [2.45, 2.75) is 44.6 Å². The molecule has 0 rings (SSSR count). The van der Waals surface area contributed by atoms with Crippen LogP contribution in [0.3, 0.4) is 0 Å². The van der Waals surface area contributed by atoms with Crippen molar-refractivity contribution in [1.29, 1.82) is 0 Å². The highest BCUT2D eigenvalue weighted by atomic mass is 12.0. The van der Waals surface area contributed by atoms with Crippen LogP contribution in [0.5, 0.6) is 0 Å². The summed E-state index contributed by atoms with van der Waals surface area (Å²) in [5.41, 5.74) is 0. The van der Waals surface area contributed by atoms with E-state index < -0.39 is 0 Å². The normalized spacial score (nSPS) is 0. The van der Waals surface area contributed by atoms with Crippen LogP contribution in [0, 0.1) is 0 Å². The van der Waals surface area contributed by atoms with Gasteiger partial charge in [0.1, 0.15) is 0 Å². The average Bonchev–Trinajstić information content (AvgIpc) is 0. The van der Waals surface area contributed by atoms with Gasteiger partial charge in [0.15, 0.2) is 0 Å². The summed E-state index contributed by atoms with van der Waals surface area (Å²) < 4.78 is 0. The molecule has 3 radical (unpaired) electrons. The molecule has 0 aromatic rings. The molecular weight excluding hydrogens is 82.9 g/mol. The Morgan fingerprint density at radius 3 is 0.429 bits per heavy atom. The Labute approximate surface area is 55.4 Å². The second-order valence-electron chi connectivity index (χ2n) is 0. The Bertz CT molecular complexity index is 8.49. The van der Waals surface area contributed by atoms with Crippen molar-refractivity contribution in [3.63, 3.8) is 0 Å². The van der Waals surface area contributed by atoms with Crippen molar-refractivity contribution in [3.05, 3.63) is 0 Å². The van der Waals surface area contributed by atoms with Crippen LogP contribution in [0.2, 0.25) is 0 Å². The van der Waals surface area contributed by atoms with Crippen molar-refractivity contribution in [1.82, 2.24) is 0 Å². The lowest BCUT2D eigenvalue weighted by Gasteiger charge is -0.0786. The highest BCUT2D eigenvalue weighted by Gasteiger charge is 0.0000826. The first-order chi connectivity index (χ1) is 0. The second-order valence-corrected chi connectivity index (χ2v) is 0. The smallest absolute Gasteiger partial charge is 0 e. The highest BCUT2D eigenvalue weighted by Crippen LogP contribution is 0.149. The van der Waals surface area contributed by atoms with Crippen LogP contribution in [-0.4, -0.2) is 8.41 Å². The maximum absolute atomic E-state index is 0. The molecule has 0 atom stereocenters. The molecule has 7 heavy (non-hydrogen) atoms. The van der Waals surface area contributed by atoms with Gasteiger partial charge in [0.2, 0.25) is 0 Å². The monoisotopic (exact) mass is 109 g/mol. The Hall–Kier alpha value is 0.0649. The average molecular weight is 109 g/mol. The molecule has 0 saturated carbocycles. The summed E-state index contributed by atoms with van der Waals surface area (Å²) >= 11 is 0. The van der Waals surface area contributed by atoms with Gasteiger partial charge < -0.3 is 0 Å². The summed E-state index contributed by atoms with van der Waals surface area (Å²) in [7, 11) is 0. The van der Waals surface area contributed by atoms with Gasteiger partial charge in [-0.1, -0.05) is 44.6 Å². The van der Waals surface area contributed by atoms with E-state index in [0.717, 1.165) is 0 Å². The molecule has 0 N–H and O–H groups in total. The fourth-order valence-electron chi connectivity index (χ4n) is 0. The van der Waals surface area contributed by atoms with E-state index in [9.17, 15) is 0 Å². The van der Waals surface area contributed by atoms with E-state index in [-0.39, 0.29) is 54.4 Å². The number of hydrogen-bond donors (Lipinski definition) is 0. The van der Waals surface area contributed by atoms with Crippen LogP contribution in [0.15, 0.2) is 0 Å². The Morgan fingerprint density at radius 2 is 0.429 bits per heavy atom. The van der Waals surface area contributed by atoms with Gasteiger partial charge in [0, 0.05) is 9.84 Å². The van der Waals surface area contributed by atoms with Crippen molar-refractivity contribution >= 4 is 8.41 Å². The number of rotatable bonds is 0. The van der Waals surface area contributed by atoms with Crippen LogP contribution < -0.4 is 0 Å². The first kappa shape index (κ1) is 61600. The van der Waals surface area contributed by atoms with Crippen LogP contribution in [0.25, 0.3) is 0 Å². The minimum Gasteiger partial charge on any atom is -0.0776 e. The molecule has 0 saturated heterocycles. The summed E-state index contributed by atoms with van der Waals surface area (Å²) in [4.78, 5) is 0. The maximum atomic E-state index is 0. The minimum absolute atomic E-state index is 0. The lowest BCUT2D eigenvalue weighted by Crippen LogP contribution is -0.381. The van der Waals surface area contributed by atoms with E-state index in [1.807, 2.05) is 0 Å². The van der Waals surface area contributed by atoms with Crippen molar-refractivity contribution in [2.24, 2.45) is 0 Å². The van der Waals surface area contributed by atoms with E-state index >= 15 is 0 Å². The molecule has 0 amide bonds. The van der Waals surface area contributed by atoms with E-state index in [1.54, 1.807) is 0 Å². The first-order valence-electron chi connectivity index (χ1n) is 0. The van der Waals surface area contributed by atoms with Crippen molar-refractivity contribution in [2.75, 3.05) is 0 Å². The molecule has 1 heteroatoms. The fraction of sp³-hybridized carbons (Fsp3) is 1.00. The summed E-state index contributed by atoms with van der Waals surface area (Å²) in [5, 5.41) is 0. The van der Waals surface area contributed by atoms with E-state index in [0.29, 0.717) is 0 Å². The zero-order valence-electron chi connectivity index (χ0n) is 0.577. The largest absolute Gasteiger partial charge is 0.0776 e. The Morgan fingerprint density at radius 1 is 0.429 bits per heavy atom. The molecular formula is C6H26B. The van der Waals surface area contributed by atoms with Gasteiger partial charge in [-0.15, -0.1) is 0 Å². The quantitative estimate of drug-likeness (QED) is 0.416. The third-order valence-electron chi connectivity index (χ3n) is 0. The predicted octanol–water partition coefficient (Wildman–Crippen LogP) is 3.68. The van der Waals surface area contributed by atoms with Crippen LogP contribution in [-0.2, 0) is 0 Å². The highest BCUT2D eigenvalue weighted by molar-refractivity contribution is 5.75. The molecule has 0 aliphatic heterocycles. The summed E-state index contributed by atoms with van der Waals surface area (Å²) in [5.74, 6) is 0. The topological polar surface area (TPSA) is 0 Å². The van der Waals surface area contributed by atoms with Gasteiger partial charge in [0.05, 0.1) is 0 Å². The van der Waals surface area contributed by atoms with Gasteiger partial charge in [-0.3, -0.25) is 0 Å². The third-order valence-corrected chi connectivity index (χ3v) is 0. The molecule has 0 aliphatic carbocycles. The van der Waals surface area contributed by atoms with Gasteiger partial charge in [0.25, 0.3) is 0 Å². The molecule has 0 heterocycles. The van der Waals surface area contributed by atoms with E-state index in [1.165, 1.54) is 0 Å². The SMILES string of the molecule is C.C.C.C.C.C.[B].[HH]. The van der Waals surface area contributed by atoms with Crippen LogP contribution in [0.4, 0.5) is 0 Å². The molecule has 0 aromatic heterocycles. The fourth-order valence-corrected chi connectivity index (χ4v) is 0. The third kappa shape index (κ3) is 23800. The van der Waals surface area contributed by atoms with Gasteiger partial charge in [-0.2, -0.15) is 0 Å². The zero-order chi connectivity index (χ0) is 0.